The van der Waals surface area contributed by atoms with Crippen molar-refractivity contribution in [3.63, 3.8) is 0 Å². The van der Waals surface area contributed by atoms with Crippen molar-refractivity contribution in [1.82, 2.24) is 0 Å². The summed E-state index contributed by atoms with van der Waals surface area (Å²) in [5, 5.41) is 7.54. The molecule has 0 aliphatic rings. The minimum atomic E-state index is -0.451. The zero-order valence-electron chi connectivity index (χ0n) is 17.0. The summed E-state index contributed by atoms with van der Waals surface area (Å²) in [6.07, 6.45) is 0. The molecule has 5 heteroatoms. The molecule has 0 saturated heterocycles. The summed E-state index contributed by atoms with van der Waals surface area (Å²) in [5.74, 6) is -0.229. The normalized spacial score (nSPS) is 11.6. The second kappa shape index (κ2) is 9.49. The van der Waals surface area contributed by atoms with Gasteiger partial charge in [-0.3, -0.25) is 9.59 Å². The van der Waals surface area contributed by atoms with Crippen molar-refractivity contribution >= 4 is 45.7 Å². The van der Waals surface area contributed by atoms with Crippen molar-refractivity contribution in [3.8, 4) is 0 Å². The Labute approximate surface area is 185 Å². The number of anilines is 2. The van der Waals surface area contributed by atoms with Crippen molar-refractivity contribution in [2.75, 3.05) is 10.6 Å². The minimum absolute atomic E-state index is 0.0996. The molecule has 0 aliphatic carbocycles. The molecule has 0 aliphatic heterocycles. The molecule has 154 valence electrons. The Hall–Kier alpha value is -3.57. The molecule has 4 aromatic rings. The molecule has 4 rings (SSSR count). The molecule has 0 radical (unpaired) electrons. The Morgan fingerprint density at radius 2 is 1.48 bits per heavy atom. The third-order valence-electron chi connectivity index (χ3n) is 4.80. The standard InChI is InChI=1S/C26H22N2O2S/c1-18(29)27-21-13-8-14-22(17-21)31-25(20-10-3-2-4-11-20)26(30)28-24-16-7-12-19-9-5-6-15-23(19)24/h2-17,25H,1H3,(H,27,29)(H,28,30). The van der Waals surface area contributed by atoms with Gasteiger partial charge >= 0.3 is 0 Å². The molecular weight excluding hydrogens is 404 g/mol. The number of amides is 2. The second-order valence-corrected chi connectivity index (χ2v) is 8.31. The zero-order chi connectivity index (χ0) is 21.6. The number of nitrogens with one attached hydrogen (secondary N) is 2. The number of fused-ring (bicyclic) bond motifs is 1. The molecule has 0 bridgehead atoms. The SMILES string of the molecule is CC(=O)Nc1cccc(SC(C(=O)Nc2cccc3ccccc23)c2ccccc2)c1. The molecule has 0 aromatic heterocycles. The van der Waals surface area contributed by atoms with E-state index in [-0.39, 0.29) is 11.8 Å². The lowest BCUT2D eigenvalue weighted by Gasteiger charge is -2.18. The van der Waals surface area contributed by atoms with E-state index in [0.717, 1.165) is 26.9 Å². The lowest BCUT2D eigenvalue weighted by molar-refractivity contribution is -0.116. The van der Waals surface area contributed by atoms with Crippen LogP contribution in [-0.2, 0) is 9.59 Å². The van der Waals surface area contributed by atoms with Gasteiger partial charge in [0.1, 0.15) is 5.25 Å². The van der Waals surface area contributed by atoms with E-state index >= 15 is 0 Å². The van der Waals surface area contributed by atoms with Gasteiger partial charge in [0.05, 0.1) is 0 Å². The fourth-order valence-corrected chi connectivity index (χ4v) is 4.50. The highest BCUT2D eigenvalue weighted by atomic mass is 32.2. The largest absolute Gasteiger partial charge is 0.326 e. The molecule has 0 spiro atoms. The first-order chi connectivity index (χ1) is 15.1. The first-order valence-electron chi connectivity index (χ1n) is 9.98. The van der Waals surface area contributed by atoms with Gasteiger partial charge in [-0.1, -0.05) is 72.8 Å². The van der Waals surface area contributed by atoms with Gasteiger partial charge in [-0.25, -0.2) is 0 Å². The van der Waals surface area contributed by atoms with Crippen LogP contribution in [0.2, 0.25) is 0 Å². The molecule has 31 heavy (non-hydrogen) atoms. The predicted molar refractivity (Wildman–Crippen MR) is 128 cm³/mol. The van der Waals surface area contributed by atoms with E-state index in [2.05, 4.69) is 10.6 Å². The van der Waals surface area contributed by atoms with Gasteiger partial charge in [-0.05, 0) is 35.2 Å². The Bertz CT molecular complexity index is 1220. The van der Waals surface area contributed by atoms with Crippen LogP contribution in [0.15, 0.2) is 102 Å². The smallest absolute Gasteiger partial charge is 0.242 e. The fraction of sp³-hybridized carbons (Fsp3) is 0.0769. The maximum Gasteiger partial charge on any atom is 0.242 e. The molecular formula is C26H22N2O2S. The number of rotatable bonds is 6. The van der Waals surface area contributed by atoms with E-state index in [1.165, 1.54) is 18.7 Å². The second-order valence-electron chi connectivity index (χ2n) is 7.13. The number of thioether (sulfide) groups is 1. The number of carbonyl (C=O) groups excluding carboxylic acids is 2. The third-order valence-corrected chi connectivity index (χ3v) is 6.04. The highest BCUT2D eigenvalue weighted by Crippen LogP contribution is 2.37. The van der Waals surface area contributed by atoms with Crippen molar-refractivity contribution in [1.29, 1.82) is 0 Å². The van der Waals surface area contributed by atoms with E-state index in [1.807, 2.05) is 97.1 Å². The summed E-state index contributed by atoms with van der Waals surface area (Å²) in [7, 11) is 0. The van der Waals surface area contributed by atoms with Gasteiger partial charge < -0.3 is 10.6 Å². The van der Waals surface area contributed by atoms with Crippen LogP contribution in [0.5, 0.6) is 0 Å². The van der Waals surface area contributed by atoms with E-state index in [1.54, 1.807) is 0 Å². The van der Waals surface area contributed by atoms with Crippen LogP contribution in [0.3, 0.4) is 0 Å². The highest BCUT2D eigenvalue weighted by Gasteiger charge is 2.23. The summed E-state index contributed by atoms with van der Waals surface area (Å²) < 4.78 is 0. The van der Waals surface area contributed by atoms with Crippen LogP contribution in [0, 0.1) is 0 Å². The van der Waals surface area contributed by atoms with Gasteiger partial charge in [0, 0.05) is 28.6 Å². The number of hydrogen-bond acceptors (Lipinski definition) is 3. The predicted octanol–water partition coefficient (Wildman–Crippen LogP) is 6.27. The van der Waals surface area contributed by atoms with E-state index in [9.17, 15) is 9.59 Å². The van der Waals surface area contributed by atoms with Crippen LogP contribution < -0.4 is 10.6 Å². The summed E-state index contributed by atoms with van der Waals surface area (Å²) in [4.78, 5) is 25.7. The zero-order valence-corrected chi connectivity index (χ0v) is 17.9. The summed E-state index contributed by atoms with van der Waals surface area (Å²) in [5.41, 5.74) is 2.41. The fourth-order valence-electron chi connectivity index (χ4n) is 3.42. The molecule has 1 atom stereocenters. The lowest BCUT2D eigenvalue weighted by atomic mass is 10.1. The van der Waals surface area contributed by atoms with Crippen LogP contribution in [0.25, 0.3) is 10.8 Å². The highest BCUT2D eigenvalue weighted by molar-refractivity contribution is 8.00. The van der Waals surface area contributed by atoms with Crippen molar-refractivity contribution in [2.24, 2.45) is 0 Å². The summed E-state index contributed by atoms with van der Waals surface area (Å²) in [6.45, 7) is 1.48. The Morgan fingerprint density at radius 3 is 2.29 bits per heavy atom. The van der Waals surface area contributed by atoms with Gasteiger partial charge in [-0.2, -0.15) is 0 Å². The van der Waals surface area contributed by atoms with E-state index in [4.69, 9.17) is 0 Å². The molecule has 2 N–H and O–H groups in total. The molecule has 0 fully saturated rings. The van der Waals surface area contributed by atoms with Gasteiger partial charge in [-0.15, -0.1) is 11.8 Å². The van der Waals surface area contributed by atoms with Crippen LogP contribution in [0.4, 0.5) is 11.4 Å². The van der Waals surface area contributed by atoms with E-state index < -0.39 is 5.25 Å². The topological polar surface area (TPSA) is 58.2 Å². The first-order valence-corrected chi connectivity index (χ1v) is 10.9. The van der Waals surface area contributed by atoms with Gasteiger partial charge in [0.2, 0.25) is 11.8 Å². The van der Waals surface area contributed by atoms with E-state index in [0.29, 0.717) is 5.69 Å². The molecule has 4 aromatic carbocycles. The van der Waals surface area contributed by atoms with Crippen molar-refractivity contribution in [2.45, 2.75) is 17.1 Å². The minimum Gasteiger partial charge on any atom is -0.326 e. The Morgan fingerprint density at radius 1 is 0.774 bits per heavy atom. The van der Waals surface area contributed by atoms with Crippen LogP contribution >= 0.6 is 11.8 Å². The molecule has 2 amide bonds. The first kappa shape index (κ1) is 20.7. The summed E-state index contributed by atoms with van der Waals surface area (Å²) >= 11 is 1.45. The average molecular weight is 427 g/mol. The third kappa shape index (κ3) is 5.13. The maximum absolute atomic E-state index is 13.4. The number of benzene rings is 4. The Kier molecular flexibility index (Phi) is 6.34. The quantitative estimate of drug-likeness (QED) is 0.357. The lowest BCUT2D eigenvalue weighted by Crippen LogP contribution is -2.19. The monoisotopic (exact) mass is 426 g/mol. The molecule has 4 nitrogen and oxygen atoms in total. The van der Waals surface area contributed by atoms with Gasteiger partial charge in [0.25, 0.3) is 0 Å². The van der Waals surface area contributed by atoms with Crippen molar-refractivity contribution in [3.05, 3.63) is 103 Å². The maximum atomic E-state index is 13.4. The van der Waals surface area contributed by atoms with Gasteiger partial charge in [0.15, 0.2) is 0 Å². The number of carbonyl (C=O) groups is 2. The summed E-state index contributed by atoms with van der Waals surface area (Å²) in [6, 6.07) is 31.1. The number of hydrogen-bond donors (Lipinski definition) is 2. The molecule has 0 heterocycles. The molecule has 0 saturated carbocycles. The van der Waals surface area contributed by atoms with Crippen molar-refractivity contribution < 1.29 is 9.59 Å². The van der Waals surface area contributed by atoms with Crippen LogP contribution in [0.1, 0.15) is 17.7 Å². The molecule has 1 unspecified atom stereocenters. The average Bonchev–Trinajstić information content (AvgIpc) is 2.78. The van der Waals surface area contributed by atoms with Crippen LogP contribution in [-0.4, -0.2) is 11.8 Å². The Balaban J connectivity index is 1.64.